The highest BCUT2D eigenvalue weighted by Crippen LogP contribution is 2.42. The van der Waals surface area contributed by atoms with Crippen molar-refractivity contribution >= 4 is 52.8 Å². The van der Waals surface area contributed by atoms with Gasteiger partial charge in [0.2, 0.25) is 0 Å². The summed E-state index contributed by atoms with van der Waals surface area (Å²) in [5, 5.41) is 76.8. The number of carbonyl (C=O) groups excluding carboxylic acids is 4. The number of aliphatic hydroxyl groups is 5. The van der Waals surface area contributed by atoms with Crippen LogP contribution in [0.25, 0.3) is 0 Å². The number of ketones is 1. The number of nitrogens with one attached hydrogen (secondary N) is 1. The summed E-state index contributed by atoms with van der Waals surface area (Å²) < 4.78 is 33.9. The molecule has 2 saturated heterocycles. The number of carbonyl (C=O) groups is 5. The highest BCUT2D eigenvalue weighted by Gasteiger charge is 2.61. The van der Waals surface area contributed by atoms with E-state index < -0.39 is 138 Å². The number of esters is 3. The van der Waals surface area contributed by atoms with Crippen molar-refractivity contribution in [2.75, 3.05) is 6.61 Å². The molecule has 3 rings (SSSR count). The molecule has 53 heavy (non-hydrogen) atoms. The van der Waals surface area contributed by atoms with Crippen LogP contribution < -0.4 is 0 Å². The molecule has 0 amide bonds. The van der Waals surface area contributed by atoms with Crippen LogP contribution >= 0.6 is 12.2 Å². The van der Waals surface area contributed by atoms with Crippen molar-refractivity contribution in [2.45, 2.75) is 127 Å². The maximum absolute atomic E-state index is 13.2. The molecule has 0 bridgehead atoms. The first kappa shape index (κ1) is 43.4. The number of isothiocyanates is 1. The summed E-state index contributed by atoms with van der Waals surface area (Å²) in [7, 11) is 0. The molecule has 0 unspecified atom stereocenters. The second kappa shape index (κ2) is 17.4. The lowest BCUT2D eigenvalue weighted by Gasteiger charge is -2.51. The smallest absolute Gasteiger partial charge is 0.357 e. The van der Waals surface area contributed by atoms with Crippen LogP contribution in [0.15, 0.2) is 28.1 Å². The van der Waals surface area contributed by atoms with Crippen molar-refractivity contribution in [1.29, 1.82) is 5.41 Å². The quantitative estimate of drug-likeness (QED) is 0.0419. The molecule has 0 aromatic carbocycles. The number of ether oxygens (including phenoxy) is 6. The van der Waals surface area contributed by atoms with E-state index in [-0.39, 0.29) is 5.70 Å². The van der Waals surface area contributed by atoms with Gasteiger partial charge in [0.1, 0.15) is 54.2 Å². The second-order valence-corrected chi connectivity index (χ2v) is 13.1. The van der Waals surface area contributed by atoms with Crippen LogP contribution in [0.2, 0.25) is 0 Å². The molecule has 0 aromatic rings. The number of thiocarbonyl (C=S) groups is 1. The fourth-order valence-corrected chi connectivity index (χ4v) is 6.30. The average molecular weight is 773 g/mol. The van der Waals surface area contributed by atoms with E-state index in [2.05, 4.69) is 17.2 Å². The van der Waals surface area contributed by atoms with Crippen LogP contribution in [0.3, 0.4) is 0 Å². The van der Waals surface area contributed by atoms with Gasteiger partial charge in [-0.1, -0.05) is 19.9 Å². The van der Waals surface area contributed by atoms with Crippen LogP contribution in [0.1, 0.15) is 60.8 Å². The number of Topliss-reactive ketones (excluding diaryl/α,β-unsaturated/α-hetero) is 1. The average Bonchev–Trinajstić information content (AvgIpc) is 3.08. The fraction of sp³-hybridized carbons (Fsp3) is 0.667. The van der Waals surface area contributed by atoms with Gasteiger partial charge in [-0.25, -0.2) is 9.59 Å². The minimum atomic E-state index is -3.05. The van der Waals surface area contributed by atoms with Gasteiger partial charge in [-0.15, -0.1) is 0 Å². The lowest BCUT2D eigenvalue weighted by Crippen LogP contribution is -2.70. The van der Waals surface area contributed by atoms with Crippen LogP contribution in [-0.4, -0.2) is 144 Å². The summed E-state index contributed by atoms with van der Waals surface area (Å²) in [6.45, 7) is 7.70. The molecule has 0 aromatic heterocycles. The van der Waals surface area contributed by atoms with Gasteiger partial charge in [0, 0.05) is 13.3 Å². The van der Waals surface area contributed by atoms with Gasteiger partial charge < -0.3 is 59.1 Å². The number of hydrogen-bond acceptors (Lipinski definition) is 19. The SMILES string of the molecule is C/C=C(\N=C=S)C(=O)O[C@H]1[C@@H](O[C@@H]2C[C@H](O)[C@@](O)([C@H](C)OC(=O)[C@@H](C)CC)[C@H](C)O2)[C@@H](O)[C@H]([C@@]2(O)CC(=O)C(=N)C(C(=O)O)=C2O)O[C@@H]1COC(C)=O. The van der Waals surface area contributed by atoms with E-state index >= 15 is 0 Å². The Balaban J connectivity index is 2.11. The van der Waals surface area contributed by atoms with Crippen molar-refractivity contribution in [3.8, 4) is 0 Å². The third-order valence-corrected chi connectivity index (χ3v) is 9.61. The van der Waals surface area contributed by atoms with Crippen molar-refractivity contribution in [2.24, 2.45) is 10.9 Å². The molecule has 1 aliphatic carbocycles. The Bertz CT molecular complexity index is 1580. The number of allylic oxidation sites excluding steroid dienone is 1. The van der Waals surface area contributed by atoms with Crippen LogP contribution in [-0.2, 0) is 52.4 Å². The van der Waals surface area contributed by atoms with Gasteiger partial charge in [-0.3, -0.25) is 19.8 Å². The van der Waals surface area contributed by atoms with E-state index in [0.29, 0.717) is 6.42 Å². The number of aliphatic hydroxyl groups excluding tert-OH is 3. The molecule has 2 heterocycles. The molecule has 7 N–H and O–H groups in total. The maximum Gasteiger partial charge on any atom is 0.357 e. The van der Waals surface area contributed by atoms with Gasteiger partial charge in [0.25, 0.3) is 0 Å². The predicted molar refractivity (Wildman–Crippen MR) is 179 cm³/mol. The number of rotatable bonds is 13. The summed E-state index contributed by atoms with van der Waals surface area (Å²) in [6.07, 6.45) is -16.0. The summed E-state index contributed by atoms with van der Waals surface area (Å²) in [5.74, 6) is -7.86. The van der Waals surface area contributed by atoms with Crippen LogP contribution in [0.4, 0.5) is 0 Å². The first-order chi connectivity index (χ1) is 24.7. The van der Waals surface area contributed by atoms with E-state index in [1.54, 1.807) is 13.8 Å². The van der Waals surface area contributed by atoms with Crippen molar-refractivity contribution in [1.82, 2.24) is 0 Å². The number of nitrogens with zero attached hydrogens (tertiary/aromatic N) is 1. The third-order valence-electron chi connectivity index (χ3n) is 9.52. The van der Waals surface area contributed by atoms with E-state index in [9.17, 15) is 54.6 Å². The van der Waals surface area contributed by atoms with Crippen molar-refractivity contribution in [3.63, 3.8) is 0 Å². The first-order valence-electron chi connectivity index (χ1n) is 16.5. The molecule has 294 valence electrons. The largest absolute Gasteiger partial charge is 0.508 e. The Morgan fingerprint density at radius 3 is 2.34 bits per heavy atom. The van der Waals surface area contributed by atoms with Crippen molar-refractivity contribution < 1.29 is 83.0 Å². The number of carboxylic acids is 1. The minimum absolute atomic E-state index is 0.382. The zero-order valence-electron chi connectivity index (χ0n) is 29.7. The van der Waals surface area contributed by atoms with Gasteiger partial charge in [0.05, 0.1) is 29.7 Å². The summed E-state index contributed by atoms with van der Waals surface area (Å²) >= 11 is 4.58. The molecule has 0 saturated carbocycles. The second-order valence-electron chi connectivity index (χ2n) is 12.9. The fourth-order valence-electron chi connectivity index (χ4n) is 6.20. The molecule has 0 spiro atoms. The number of aliphatic carboxylic acids is 1. The van der Waals surface area contributed by atoms with E-state index in [1.165, 1.54) is 26.8 Å². The van der Waals surface area contributed by atoms with Gasteiger partial charge in [-0.2, -0.15) is 4.99 Å². The third kappa shape index (κ3) is 8.88. The maximum atomic E-state index is 13.2. The molecule has 0 radical (unpaired) electrons. The van der Waals surface area contributed by atoms with Crippen LogP contribution in [0.5, 0.6) is 0 Å². The molecule has 3 aliphatic rings. The van der Waals surface area contributed by atoms with Crippen LogP contribution in [0, 0.1) is 11.3 Å². The Labute approximate surface area is 308 Å². The molecule has 20 heteroatoms. The first-order valence-corrected chi connectivity index (χ1v) is 16.9. The van der Waals surface area contributed by atoms with Gasteiger partial charge in [0.15, 0.2) is 35.1 Å². The highest BCUT2D eigenvalue weighted by atomic mass is 32.1. The zero-order chi connectivity index (χ0) is 40.2. The standard InChI is InChI=1S/C33H44N2O17S/c1-7-13(3)30(43)49-15(5)33(46)14(4)48-21(9-20(33)38)51-26-24(39)28(32(45)10-18(37)23(34)22(27(32)40)29(41)42)50-19(11-47-16(6)36)25(26)52-31(44)17(8-2)35-12-53/h8,13-15,19-21,24-26,28,34,38-40,45-46H,7,9-11H2,1-6H3,(H,41,42)/b17-8-,34-23?/t13-,14-,15-,19+,20-,21+,24+,25+,26-,28+,32+,33-/m0/s1. The Morgan fingerprint density at radius 1 is 1.17 bits per heavy atom. The summed E-state index contributed by atoms with van der Waals surface area (Å²) in [4.78, 5) is 65.9. The lowest BCUT2D eigenvalue weighted by molar-refractivity contribution is -0.343. The van der Waals surface area contributed by atoms with Gasteiger partial charge >= 0.3 is 23.9 Å². The van der Waals surface area contributed by atoms with E-state index in [4.69, 9.17) is 33.8 Å². The van der Waals surface area contributed by atoms with E-state index in [1.807, 2.05) is 5.16 Å². The molecular weight excluding hydrogens is 728 g/mol. The minimum Gasteiger partial charge on any atom is -0.508 e. The Morgan fingerprint density at radius 2 is 1.81 bits per heavy atom. The molecule has 2 aliphatic heterocycles. The normalized spacial score (nSPS) is 34.7. The zero-order valence-corrected chi connectivity index (χ0v) is 30.5. The predicted octanol–water partition coefficient (Wildman–Crippen LogP) is -0.194. The summed E-state index contributed by atoms with van der Waals surface area (Å²) in [6, 6.07) is 0. The monoisotopic (exact) mass is 772 g/mol. The van der Waals surface area contributed by atoms with E-state index in [0.717, 1.165) is 6.92 Å². The highest BCUT2D eigenvalue weighted by molar-refractivity contribution is 7.78. The molecule has 19 nitrogen and oxygen atoms in total. The summed E-state index contributed by atoms with van der Waals surface area (Å²) in [5.41, 5.74) is -8.05. The molecule has 2 fully saturated rings. The van der Waals surface area contributed by atoms with Crippen molar-refractivity contribution in [3.05, 3.63) is 23.1 Å². The lowest BCUT2D eigenvalue weighted by atomic mass is 9.74. The topological polar surface area (TPSA) is 298 Å². The molecule has 12 atom stereocenters. The van der Waals surface area contributed by atoms with Gasteiger partial charge in [-0.05, 0) is 39.4 Å². The number of aliphatic imine (C=N–C) groups is 1. The Kier molecular flexibility index (Phi) is 14.3. The number of hydrogen-bond donors (Lipinski definition) is 7. The molecular formula is C33H44N2O17S. The Hall–Kier alpha value is -3.98. The number of carboxylic acid groups (broad SMARTS) is 1.